The Bertz CT molecular complexity index is 796. The number of hydrogen-bond acceptors (Lipinski definition) is 7. The summed E-state index contributed by atoms with van der Waals surface area (Å²) < 4.78 is 31.7. The molecule has 28 heavy (non-hydrogen) atoms. The van der Waals surface area contributed by atoms with Crippen molar-refractivity contribution in [3.05, 3.63) is 29.3 Å². The van der Waals surface area contributed by atoms with Gasteiger partial charge in [-0.05, 0) is 37.6 Å². The molecule has 1 aliphatic rings. The molecule has 2 unspecified atom stereocenters. The van der Waals surface area contributed by atoms with E-state index in [1.54, 1.807) is 12.1 Å². The number of ether oxygens (including phenoxy) is 1. The van der Waals surface area contributed by atoms with Gasteiger partial charge in [0.05, 0.1) is 0 Å². The zero-order valence-corrected chi connectivity index (χ0v) is 19.1. The van der Waals surface area contributed by atoms with E-state index in [1.165, 1.54) is 18.3 Å². The second-order valence-corrected chi connectivity index (χ2v) is 12.1. The van der Waals surface area contributed by atoms with Gasteiger partial charge in [-0.1, -0.05) is 25.1 Å². The maximum absolute atomic E-state index is 13.5. The van der Waals surface area contributed by atoms with Crippen LogP contribution in [0.3, 0.4) is 0 Å². The number of rotatable bonds is 9. The lowest BCUT2D eigenvalue weighted by Gasteiger charge is -2.34. The van der Waals surface area contributed by atoms with Crippen LogP contribution in [0.25, 0.3) is 0 Å². The fourth-order valence-electron chi connectivity index (χ4n) is 3.07. The maximum atomic E-state index is 13.5. The first-order valence-electron chi connectivity index (χ1n) is 8.77. The summed E-state index contributed by atoms with van der Waals surface area (Å²) in [5, 5.41) is 12.5. The Hall–Kier alpha value is -1.03. The number of hydrogen-bond donors (Lipinski definition) is 1. The van der Waals surface area contributed by atoms with E-state index in [1.807, 2.05) is 26.8 Å². The Labute approximate surface area is 173 Å². The normalized spacial score (nSPS) is 17.6. The Kier molecular flexibility index (Phi) is 7.63. The zero-order chi connectivity index (χ0) is 21.1. The Morgan fingerprint density at radius 1 is 1.46 bits per heavy atom. The lowest BCUT2D eigenvalue weighted by atomic mass is 10.0. The summed E-state index contributed by atoms with van der Waals surface area (Å²) in [6, 6.07) is 5.38. The summed E-state index contributed by atoms with van der Waals surface area (Å²) in [6.45, 7) is 3.02. The molecule has 0 radical (unpaired) electrons. The van der Waals surface area contributed by atoms with Crippen LogP contribution in [-0.2, 0) is 38.3 Å². The quantitative estimate of drug-likeness (QED) is 0.577. The van der Waals surface area contributed by atoms with Crippen LogP contribution in [0.5, 0.6) is 5.75 Å². The number of carboxylic acid groups (broad SMARTS) is 1. The molecule has 2 rings (SSSR count). The number of para-hydroxylation sites is 1. The van der Waals surface area contributed by atoms with Crippen molar-refractivity contribution >= 4 is 35.5 Å². The molecule has 0 saturated heterocycles. The maximum Gasteiger partial charge on any atom is 0.275 e. The van der Waals surface area contributed by atoms with E-state index in [-0.39, 0.29) is 0 Å². The lowest BCUT2D eigenvalue weighted by Crippen LogP contribution is -2.43. The first kappa shape index (κ1) is 23.3. The number of nitrogens with zero attached hydrogens (tertiary/aromatic N) is 1. The first-order valence-corrected chi connectivity index (χ1v) is 12.5. The molecule has 0 bridgehead atoms. The second-order valence-electron chi connectivity index (χ2n) is 6.87. The highest BCUT2D eigenvalue weighted by Crippen LogP contribution is 2.54. The summed E-state index contributed by atoms with van der Waals surface area (Å²) in [4.78, 5) is 11.4. The molecule has 0 aliphatic carbocycles. The Balaban J connectivity index is 2.53. The summed E-state index contributed by atoms with van der Waals surface area (Å²) >= 11 is 5.46. The number of benzene rings is 1. The molecule has 0 aromatic heterocycles. The smallest absolute Gasteiger partial charge is 0.275 e. The Morgan fingerprint density at radius 2 is 2.11 bits per heavy atom. The molecule has 1 aliphatic heterocycles. The lowest BCUT2D eigenvalue weighted by molar-refractivity contribution is -0.251. The molecule has 1 aromatic carbocycles. The average molecular weight is 450 g/mol. The van der Waals surface area contributed by atoms with Crippen LogP contribution in [0.4, 0.5) is 4.79 Å². The summed E-state index contributed by atoms with van der Waals surface area (Å²) in [6.07, 6.45) is -0.272. The van der Waals surface area contributed by atoms with Crippen molar-refractivity contribution in [1.82, 2.24) is 9.39 Å². The zero-order valence-electron chi connectivity index (χ0n) is 16.6. The molecular weight excluding hydrogens is 423 g/mol. The summed E-state index contributed by atoms with van der Waals surface area (Å²) in [7, 11) is 0.835. The van der Waals surface area contributed by atoms with E-state index in [2.05, 4.69) is 5.32 Å². The number of amides is 1. The van der Waals surface area contributed by atoms with E-state index >= 15 is 0 Å². The first-order chi connectivity index (χ1) is 13.1. The van der Waals surface area contributed by atoms with Gasteiger partial charge in [-0.15, -0.1) is 4.08 Å². The van der Waals surface area contributed by atoms with Crippen LogP contribution < -0.4 is 15.2 Å². The predicted octanol–water partition coefficient (Wildman–Crippen LogP) is 2.22. The third kappa shape index (κ3) is 4.93. The number of carbonyl (C=O) groups excluding carboxylic acids is 1. The van der Waals surface area contributed by atoms with Crippen molar-refractivity contribution in [2.75, 3.05) is 20.8 Å². The van der Waals surface area contributed by atoms with Gasteiger partial charge in [0.15, 0.2) is 0 Å². The van der Waals surface area contributed by atoms with Crippen molar-refractivity contribution in [2.45, 2.75) is 44.6 Å². The SMILES string of the molecule is CCCN(S(=O)C(NC(=O)[O-])c1cccc2c1OC(C)(C)C2)P(=S)(OC)OC. The highest BCUT2D eigenvalue weighted by molar-refractivity contribution is 8.12. The fourth-order valence-corrected chi connectivity index (χ4v) is 7.54. The largest absolute Gasteiger partial charge is 0.530 e. The van der Waals surface area contributed by atoms with Crippen LogP contribution in [0.15, 0.2) is 18.2 Å². The van der Waals surface area contributed by atoms with Crippen molar-refractivity contribution in [3.8, 4) is 5.75 Å². The van der Waals surface area contributed by atoms with Crippen LogP contribution in [0, 0.1) is 0 Å². The Morgan fingerprint density at radius 3 is 2.64 bits per heavy atom. The summed E-state index contributed by atoms with van der Waals surface area (Å²) in [5.41, 5.74) is 0.938. The molecule has 1 aromatic rings. The number of carbonyl (C=O) groups is 1. The van der Waals surface area contributed by atoms with Gasteiger partial charge in [-0.2, -0.15) is 0 Å². The monoisotopic (exact) mass is 449 g/mol. The minimum absolute atomic E-state index is 0.304. The average Bonchev–Trinajstić information content (AvgIpc) is 2.96. The van der Waals surface area contributed by atoms with E-state index in [9.17, 15) is 14.1 Å². The minimum Gasteiger partial charge on any atom is -0.530 e. The minimum atomic E-state index is -3.05. The molecule has 158 valence electrons. The molecule has 1 amide bonds. The van der Waals surface area contributed by atoms with Crippen molar-refractivity contribution in [1.29, 1.82) is 0 Å². The van der Waals surface area contributed by atoms with Crippen LogP contribution in [0.1, 0.15) is 43.7 Å². The van der Waals surface area contributed by atoms with Gasteiger partial charge in [0.1, 0.15) is 33.8 Å². The highest BCUT2D eigenvalue weighted by atomic mass is 32.5. The van der Waals surface area contributed by atoms with Gasteiger partial charge in [0, 0.05) is 32.7 Å². The topological polar surface area (TPSA) is 100 Å². The van der Waals surface area contributed by atoms with E-state index in [0.717, 1.165) is 5.56 Å². The van der Waals surface area contributed by atoms with Crippen LogP contribution in [0.2, 0.25) is 0 Å². The van der Waals surface area contributed by atoms with Crippen LogP contribution in [-0.4, -0.2) is 40.7 Å². The van der Waals surface area contributed by atoms with E-state index in [4.69, 9.17) is 25.6 Å². The predicted molar refractivity (Wildman–Crippen MR) is 110 cm³/mol. The molecule has 1 heterocycles. The molecule has 11 heteroatoms. The van der Waals surface area contributed by atoms with E-state index in [0.29, 0.717) is 30.7 Å². The standard InChI is InChI=1S/C17H27N2O6PS2/c1-6-10-19(26(27,23-4)24-5)28(22)15(18-16(20)21)13-9-7-8-12-11-17(2,3)25-14(12)13/h7-9,15,18H,6,10-11H2,1-5H3,(H,20,21)/p-1. The fraction of sp³-hybridized carbons (Fsp3) is 0.588. The number of nitrogens with one attached hydrogen (secondary N) is 1. The van der Waals surface area contributed by atoms with Gasteiger partial charge in [0.25, 0.3) is 6.64 Å². The number of fused-ring (bicyclic) bond motifs is 1. The molecule has 2 atom stereocenters. The molecule has 1 N–H and O–H groups in total. The van der Waals surface area contributed by atoms with Crippen molar-refractivity contribution in [2.24, 2.45) is 0 Å². The van der Waals surface area contributed by atoms with Gasteiger partial charge in [-0.3, -0.25) is 0 Å². The molecular formula is C17H26N2O6PS2-. The van der Waals surface area contributed by atoms with Gasteiger partial charge in [-0.25, -0.2) is 4.21 Å². The van der Waals surface area contributed by atoms with Crippen molar-refractivity contribution in [3.63, 3.8) is 0 Å². The molecule has 0 spiro atoms. The third-order valence-electron chi connectivity index (χ3n) is 4.21. The molecule has 0 fully saturated rings. The molecule has 0 saturated carbocycles. The van der Waals surface area contributed by atoms with Crippen LogP contribution >= 0.6 is 6.64 Å². The van der Waals surface area contributed by atoms with Gasteiger partial charge < -0.3 is 29.0 Å². The molecule has 8 nitrogen and oxygen atoms in total. The van der Waals surface area contributed by atoms with Gasteiger partial charge in [0.2, 0.25) is 0 Å². The van der Waals surface area contributed by atoms with Gasteiger partial charge >= 0.3 is 0 Å². The highest BCUT2D eigenvalue weighted by Gasteiger charge is 2.39. The second kappa shape index (κ2) is 9.19. The third-order valence-corrected chi connectivity index (χ3v) is 10.2. The van der Waals surface area contributed by atoms with Crippen molar-refractivity contribution < 1.29 is 27.9 Å². The summed E-state index contributed by atoms with van der Waals surface area (Å²) in [5.74, 6) is 0.527. The van der Waals surface area contributed by atoms with E-state index < -0.39 is 34.7 Å².